The molecule has 0 aliphatic carbocycles. The van der Waals surface area contributed by atoms with E-state index in [0.29, 0.717) is 0 Å². The van der Waals surface area contributed by atoms with Gasteiger partial charge in [-0.15, -0.1) is 11.8 Å². The molecule has 0 heterocycles. The maximum absolute atomic E-state index is 9.13. The summed E-state index contributed by atoms with van der Waals surface area (Å²) in [6.45, 7) is 2.12. The molecular weight excluding hydrogens is 264 g/mol. The lowest BCUT2D eigenvalue weighted by Crippen LogP contribution is -2.02. The zero-order valence-electron chi connectivity index (χ0n) is 7.90. The van der Waals surface area contributed by atoms with Gasteiger partial charge in [0.05, 0.1) is 13.2 Å². The number of thioether (sulfide) groups is 1. The fraction of sp³-hybridized carbons (Fsp3) is 0.400. The fourth-order valence-corrected chi connectivity index (χ4v) is 2.38. The molecule has 0 bridgehead atoms. The van der Waals surface area contributed by atoms with E-state index in [1.54, 1.807) is 11.8 Å². The van der Waals surface area contributed by atoms with Crippen LogP contribution in [0.1, 0.15) is 12.5 Å². The number of hydrogen-bond donors (Lipinski definition) is 2. The molecule has 1 rings (SSSR count). The van der Waals surface area contributed by atoms with Gasteiger partial charge in [-0.2, -0.15) is 0 Å². The van der Waals surface area contributed by atoms with Gasteiger partial charge >= 0.3 is 0 Å². The predicted molar refractivity (Wildman–Crippen MR) is 62.5 cm³/mol. The van der Waals surface area contributed by atoms with E-state index in [1.165, 1.54) is 0 Å². The van der Waals surface area contributed by atoms with Crippen molar-refractivity contribution >= 4 is 27.7 Å². The third kappa shape index (κ3) is 3.28. The summed E-state index contributed by atoms with van der Waals surface area (Å²) in [5, 5.41) is 18.2. The van der Waals surface area contributed by atoms with Crippen molar-refractivity contribution in [2.24, 2.45) is 0 Å². The van der Waals surface area contributed by atoms with E-state index in [-0.39, 0.29) is 18.5 Å². The van der Waals surface area contributed by atoms with Gasteiger partial charge in [-0.25, -0.2) is 0 Å². The molecule has 0 aliphatic heterocycles. The van der Waals surface area contributed by atoms with Gasteiger partial charge in [0.2, 0.25) is 0 Å². The van der Waals surface area contributed by atoms with Crippen LogP contribution in [0.3, 0.4) is 0 Å². The standard InChI is InChI=1S/C10H13BrO2S/c1-7(5-12)14-10-3-2-9(11)4-8(10)6-13/h2-4,7,12-13H,5-6H2,1H3. The largest absolute Gasteiger partial charge is 0.395 e. The molecule has 0 amide bonds. The number of benzene rings is 1. The van der Waals surface area contributed by atoms with Crippen LogP contribution < -0.4 is 0 Å². The zero-order chi connectivity index (χ0) is 10.6. The van der Waals surface area contributed by atoms with Crippen molar-refractivity contribution in [3.05, 3.63) is 28.2 Å². The molecule has 0 fully saturated rings. The Hall–Kier alpha value is -0.0300. The van der Waals surface area contributed by atoms with E-state index in [1.807, 2.05) is 25.1 Å². The summed E-state index contributed by atoms with van der Waals surface area (Å²) in [4.78, 5) is 1.03. The molecule has 4 heteroatoms. The Bertz CT molecular complexity index is 304. The minimum Gasteiger partial charge on any atom is -0.395 e. The maximum atomic E-state index is 9.13. The first kappa shape index (κ1) is 12.0. The summed E-state index contributed by atoms with van der Waals surface area (Å²) < 4.78 is 0.961. The van der Waals surface area contributed by atoms with Crippen molar-refractivity contribution in [2.45, 2.75) is 23.7 Å². The second-order valence-electron chi connectivity index (χ2n) is 3.02. The molecule has 0 aromatic heterocycles. The third-order valence-electron chi connectivity index (χ3n) is 1.78. The quantitative estimate of drug-likeness (QED) is 0.830. The van der Waals surface area contributed by atoms with E-state index < -0.39 is 0 Å². The van der Waals surface area contributed by atoms with Crippen molar-refractivity contribution in [1.82, 2.24) is 0 Å². The van der Waals surface area contributed by atoms with Crippen molar-refractivity contribution < 1.29 is 10.2 Å². The molecule has 1 aromatic rings. The second kappa shape index (κ2) is 5.75. The van der Waals surface area contributed by atoms with Crippen LogP contribution in [-0.2, 0) is 6.61 Å². The van der Waals surface area contributed by atoms with Crippen LogP contribution in [0.5, 0.6) is 0 Å². The Morgan fingerprint density at radius 3 is 2.71 bits per heavy atom. The topological polar surface area (TPSA) is 40.5 Å². The fourth-order valence-electron chi connectivity index (χ4n) is 1.04. The van der Waals surface area contributed by atoms with Crippen molar-refractivity contribution in [3.8, 4) is 0 Å². The lowest BCUT2D eigenvalue weighted by Gasteiger charge is -2.11. The van der Waals surface area contributed by atoms with Gasteiger partial charge < -0.3 is 10.2 Å². The monoisotopic (exact) mass is 276 g/mol. The summed E-state index contributed by atoms with van der Waals surface area (Å²) >= 11 is 4.92. The van der Waals surface area contributed by atoms with E-state index in [2.05, 4.69) is 15.9 Å². The van der Waals surface area contributed by atoms with Gasteiger partial charge in [0.1, 0.15) is 0 Å². The molecule has 2 nitrogen and oxygen atoms in total. The highest BCUT2D eigenvalue weighted by Gasteiger charge is 2.07. The van der Waals surface area contributed by atoms with Gasteiger partial charge in [-0.1, -0.05) is 22.9 Å². The smallest absolute Gasteiger partial charge is 0.0693 e. The molecule has 2 N–H and O–H groups in total. The van der Waals surface area contributed by atoms with Crippen molar-refractivity contribution in [3.63, 3.8) is 0 Å². The molecule has 1 unspecified atom stereocenters. The lowest BCUT2D eigenvalue weighted by atomic mass is 10.2. The summed E-state index contributed by atoms with van der Waals surface area (Å²) in [5.74, 6) is 0. The molecule has 0 spiro atoms. The van der Waals surface area contributed by atoms with Crippen LogP contribution in [0, 0.1) is 0 Å². The van der Waals surface area contributed by atoms with Gasteiger partial charge in [-0.3, -0.25) is 0 Å². The van der Waals surface area contributed by atoms with Gasteiger partial charge in [0.15, 0.2) is 0 Å². The first-order valence-electron chi connectivity index (χ1n) is 4.34. The van der Waals surface area contributed by atoms with Crippen LogP contribution in [0.15, 0.2) is 27.6 Å². The first-order valence-corrected chi connectivity index (χ1v) is 6.01. The van der Waals surface area contributed by atoms with Gasteiger partial charge in [-0.05, 0) is 23.8 Å². The van der Waals surface area contributed by atoms with Gasteiger partial charge in [0, 0.05) is 14.6 Å². The second-order valence-corrected chi connectivity index (χ2v) is 5.42. The lowest BCUT2D eigenvalue weighted by molar-refractivity contribution is 0.278. The SMILES string of the molecule is CC(CO)Sc1ccc(Br)cc1CO. The van der Waals surface area contributed by atoms with E-state index >= 15 is 0 Å². The van der Waals surface area contributed by atoms with Crippen LogP contribution in [0.4, 0.5) is 0 Å². The molecule has 0 saturated heterocycles. The predicted octanol–water partition coefficient (Wildman–Crippen LogP) is 2.41. The Morgan fingerprint density at radius 1 is 1.43 bits per heavy atom. The molecule has 14 heavy (non-hydrogen) atoms. The third-order valence-corrected chi connectivity index (χ3v) is 3.48. The summed E-state index contributed by atoms with van der Waals surface area (Å²) in [7, 11) is 0. The zero-order valence-corrected chi connectivity index (χ0v) is 10.3. The molecule has 0 aliphatic rings. The molecule has 78 valence electrons. The molecule has 0 saturated carbocycles. The van der Waals surface area contributed by atoms with Crippen molar-refractivity contribution in [1.29, 1.82) is 0 Å². The summed E-state index contributed by atoms with van der Waals surface area (Å²) in [6, 6.07) is 5.78. The van der Waals surface area contributed by atoms with E-state index in [4.69, 9.17) is 10.2 Å². The van der Waals surface area contributed by atoms with E-state index in [0.717, 1.165) is 14.9 Å². The molecule has 0 radical (unpaired) electrons. The highest BCUT2D eigenvalue weighted by Crippen LogP contribution is 2.28. The minimum absolute atomic E-state index is 0.0277. The summed E-state index contributed by atoms with van der Waals surface area (Å²) in [6.07, 6.45) is 0. The first-order chi connectivity index (χ1) is 6.67. The minimum atomic E-state index is 0.0277. The molecule has 1 atom stereocenters. The number of aliphatic hydroxyl groups is 2. The number of hydrogen-bond acceptors (Lipinski definition) is 3. The highest BCUT2D eigenvalue weighted by atomic mass is 79.9. The number of halogens is 1. The van der Waals surface area contributed by atoms with Crippen molar-refractivity contribution in [2.75, 3.05) is 6.61 Å². The normalized spacial score (nSPS) is 12.9. The summed E-state index contributed by atoms with van der Waals surface area (Å²) in [5.41, 5.74) is 0.893. The molecular formula is C10H13BrO2S. The maximum Gasteiger partial charge on any atom is 0.0693 e. The Morgan fingerprint density at radius 2 is 2.14 bits per heavy atom. The van der Waals surface area contributed by atoms with Crippen LogP contribution in [0.25, 0.3) is 0 Å². The van der Waals surface area contributed by atoms with Crippen LogP contribution in [0.2, 0.25) is 0 Å². The van der Waals surface area contributed by atoms with Crippen LogP contribution in [-0.4, -0.2) is 22.1 Å². The number of rotatable bonds is 4. The Kier molecular flexibility index (Phi) is 4.95. The average Bonchev–Trinajstić information content (AvgIpc) is 2.20. The van der Waals surface area contributed by atoms with E-state index in [9.17, 15) is 0 Å². The highest BCUT2D eigenvalue weighted by molar-refractivity contribution is 9.10. The average molecular weight is 277 g/mol. The Balaban J connectivity index is 2.85. The number of aliphatic hydroxyl groups excluding tert-OH is 2. The van der Waals surface area contributed by atoms with Gasteiger partial charge in [0.25, 0.3) is 0 Å². The molecule has 1 aromatic carbocycles. The Labute approximate surface area is 96.5 Å². The van der Waals surface area contributed by atoms with Crippen LogP contribution >= 0.6 is 27.7 Å².